The van der Waals surface area contributed by atoms with Crippen molar-refractivity contribution in [2.75, 3.05) is 20.1 Å². The van der Waals surface area contributed by atoms with Crippen LogP contribution in [0.25, 0.3) is 32.5 Å². The lowest BCUT2D eigenvalue weighted by molar-refractivity contribution is 0.0684. The van der Waals surface area contributed by atoms with Crippen LogP contribution in [0.5, 0.6) is 0 Å². The molecule has 0 amide bonds. The van der Waals surface area contributed by atoms with Gasteiger partial charge in [-0.3, -0.25) is 4.68 Å². The van der Waals surface area contributed by atoms with Crippen molar-refractivity contribution in [1.29, 1.82) is 0 Å². The van der Waals surface area contributed by atoms with E-state index in [1.165, 1.54) is 0 Å². The Morgan fingerprint density at radius 3 is 2.79 bits per heavy atom. The summed E-state index contributed by atoms with van der Waals surface area (Å²) in [6.07, 6.45) is 5.48. The number of fused-ring (bicyclic) bond motifs is 2. The first-order valence-electron chi connectivity index (χ1n) is 9.64. The largest absolute Gasteiger partial charge is 0.387 e. The van der Waals surface area contributed by atoms with Gasteiger partial charge in [-0.1, -0.05) is 0 Å². The molecule has 144 valence electrons. The zero-order valence-corrected chi connectivity index (χ0v) is 16.9. The summed E-state index contributed by atoms with van der Waals surface area (Å²) in [6.45, 7) is 2.11. The van der Waals surface area contributed by atoms with Crippen LogP contribution in [0.4, 0.5) is 0 Å². The van der Waals surface area contributed by atoms with Gasteiger partial charge >= 0.3 is 0 Å². The zero-order chi connectivity index (χ0) is 19.3. The van der Waals surface area contributed by atoms with Gasteiger partial charge in [-0.15, -0.1) is 11.3 Å². The minimum absolute atomic E-state index is 0.334. The number of aliphatic hydroxyl groups excluding tert-OH is 1. The summed E-state index contributed by atoms with van der Waals surface area (Å²) in [6, 6.07) is 8.29. The standard InChI is InChI=1S/C21H23N5OS/c1-25-7-5-13(6-8-25)19(27)18-10-14-3-4-17(23-21(14)28-18)15-9-16-12-26(2)24-20(16)22-11-15/h3-4,9-13,19,27H,5-8H2,1-2H3. The first kappa shape index (κ1) is 17.7. The number of hydrogen-bond acceptors (Lipinski definition) is 6. The number of piperidine rings is 1. The summed E-state index contributed by atoms with van der Waals surface area (Å²) < 4.78 is 1.77. The number of nitrogens with zero attached hydrogens (tertiary/aromatic N) is 5. The van der Waals surface area contributed by atoms with Gasteiger partial charge in [0.15, 0.2) is 5.65 Å². The molecular formula is C21H23N5OS. The summed E-state index contributed by atoms with van der Waals surface area (Å²) in [7, 11) is 4.04. The number of pyridine rings is 2. The SMILES string of the molecule is CN1CCC(C(O)c2cc3ccc(-c4cnc5nn(C)cc5c4)nc3s2)CC1. The number of thiophene rings is 1. The van der Waals surface area contributed by atoms with Crippen LogP contribution in [0, 0.1) is 5.92 Å². The van der Waals surface area contributed by atoms with Crippen molar-refractivity contribution in [3.63, 3.8) is 0 Å². The molecule has 1 unspecified atom stereocenters. The molecule has 1 aliphatic heterocycles. The summed E-state index contributed by atoms with van der Waals surface area (Å²) in [5.41, 5.74) is 2.62. The van der Waals surface area contributed by atoms with Crippen molar-refractivity contribution in [2.45, 2.75) is 18.9 Å². The van der Waals surface area contributed by atoms with E-state index in [9.17, 15) is 5.11 Å². The van der Waals surface area contributed by atoms with Gasteiger partial charge in [0, 0.05) is 40.7 Å². The molecule has 1 aliphatic rings. The van der Waals surface area contributed by atoms with Crippen molar-refractivity contribution in [1.82, 2.24) is 24.6 Å². The topological polar surface area (TPSA) is 67.1 Å². The third-order valence-corrected chi connectivity index (χ3v) is 6.79. The second kappa shape index (κ2) is 6.92. The predicted octanol–water partition coefficient (Wildman–Crippen LogP) is 3.62. The van der Waals surface area contributed by atoms with Gasteiger partial charge in [0.25, 0.3) is 0 Å². The molecule has 0 aliphatic carbocycles. The van der Waals surface area contributed by atoms with E-state index in [4.69, 9.17) is 4.98 Å². The molecule has 0 spiro atoms. The van der Waals surface area contributed by atoms with Crippen molar-refractivity contribution in [2.24, 2.45) is 13.0 Å². The summed E-state index contributed by atoms with van der Waals surface area (Å²) >= 11 is 1.60. The van der Waals surface area contributed by atoms with Crippen LogP contribution >= 0.6 is 11.3 Å². The van der Waals surface area contributed by atoms with Crippen molar-refractivity contribution >= 4 is 32.6 Å². The average Bonchev–Trinajstić information content (AvgIpc) is 3.29. The molecule has 0 bridgehead atoms. The normalized spacial score (nSPS) is 17.5. The Morgan fingerprint density at radius 1 is 1.14 bits per heavy atom. The molecule has 1 saturated heterocycles. The van der Waals surface area contributed by atoms with E-state index >= 15 is 0 Å². The fourth-order valence-electron chi connectivity index (χ4n) is 3.99. The molecule has 4 aromatic heterocycles. The molecule has 1 N–H and O–H groups in total. The number of aryl methyl sites for hydroxylation is 1. The molecule has 1 fully saturated rings. The van der Waals surface area contributed by atoms with Crippen molar-refractivity contribution in [3.8, 4) is 11.3 Å². The summed E-state index contributed by atoms with van der Waals surface area (Å²) in [5, 5.41) is 17.3. The highest BCUT2D eigenvalue weighted by Crippen LogP contribution is 2.37. The smallest absolute Gasteiger partial charge is 0.181 e. The zero-order valence-electron chi connectivity index (χ0n) is 16.0. The van der Waals surface area contributed by atoms with Gasteiger partial charge in [0.2, 0.25) is 0 Å². The monoisotopic (exact) mass is 393 g/mol. The fourth-order valence-corrected chi connectivity index (χ4v) is 5.10. The van der Waals surface area contributed by atoms with Gasteiger partial charge in [-0.05, 0) is 63.2 Å². The van der Waals surface area contributed by atoms with Gasteiger partial charge in [0.1, 0.15) is 4.83 Å². The quantitative estimate of drug-likeness (QED) is 0.576. The lowest BCUT2D eigenvalue weighted by Crippen LogP contribution is -2.32. The molecule has 5 heterocycles. The second-order valence-corrected chi connectivity index (χ2v) is 8.83. The summed E-state index contributed by atoms with van der Waals surface area (Å²) in [5.74, 6) is 0.334. The Morgan fingerprint density at radius 2 is 1.96 bits per heavy atom. The van der Waals surface area contributed by atoms with Crippen LogP contribution in [-0.4, -0.2) is 49.9 Å². The number of rotatable bonds is 3. The Labute approximate surface area is 167 Å². The van der Waals surface area contributed by atoms with Crippen LogP contribution in [0.3, 0.4) is 0 Å². The number of aromatic nitrogens is 4. The van der Waals surface area contributed by atoms with E-state index in [2.05, 4.69) is 40.2 Å². The van der Waals surface area contributed by atoms with E-state index < -0.39 is 6.10 Å². The molecule has 0 aromatic carbocycles. The Kier molecular flexibility index (Phi) is 4.38. The molecule has 0 saturated carbocycles. The fraction of sp³-hybridized carbons (Fsp3) is 0.381. The number of hydrogen-bond donors (Lipinski definition) is 1. The molecule has 7 heteroatoms. The lowest BCUT2D eigenvalue weighted by Gasteiger charge is -2.31. The maximum absolute atomic E-state index is 10.9. The predicted molar refractivity (Wildman–Crippen MR) is 112 cm³/mol. The van der Waals surface area contributed by atoms with Crippen LogP contribution in [0.2, 0.25) is 0 Å². The van der Waals surface area contributed by atoms with Gasteiger partial charge < -0.3 is 10.0 Å². The first-order valence-corrected chi connectivity index (χ1v) is 10.5. The third kappa shape index (κ3) is 3.19. The maximum atomic E-state index is 10.9. The van der Waals surface area contributed by atoms with E-state index in [1.54, 1.807) is 16.0 Å². The van der Waals surface area contributed by atoms with Gasteiger partial charge in [-0.25, -0.2) is 9.97 Å². The van der Waals surface area contributed by atoms with E-state index in [0.717, 1.165) is 63.3 Å². The maximum Gasteiger partial charge on any atom is 0.181 e. The molecule has 5 rings (SSSR count). The molecular weight excluding hydrogens is 370 g/mol. The van der Waals surface area contributed by atoms with Crippen molar-refractivity contribution < 1.29 is 5.11 Å². The van der Waals surface area contributed by atoms with Crippen molar-refractivity contribution in [3.05, 3.63) is 41.5 Å². The van der Waals surface area contributed by atoms with Crippen LogP contribution in [0.1, 0.15) is 23.8 Å². The molecule has 1 atom stereocenters. The number of likely N-dealkylation sites (tertiary alicyclic amines) is 1. The molecule has 6 nitrogen and oxygen atoms in total. The third-order valence-electron chi connectivity index (χ3n) is 5.67. The highest BCUT2D eigenvalue weighted by atomic mass is 32.1. The summed E-state index contributed by atoms with van der Waals surface area (Å²) in [4.78, 5) is 13.6. The van der Waals surface area contributed by atoms with Crippen LogP contribution in [-0.2, 0) is 7.05 Å². The first-order chi connectivity index (χ1) is 13.6. The lowest BCUT2D eigenvalue weighted by atomic mass is 9.90. The highest BCUT2D eigenvalue weighted by Gasteiger charge is 2.26. The Balaban J connectivity index is 1.45. The van der Waals surface area contributed by atoms with Crippen LogP contribution < -0.4 is 0 Å². The molecule has 0 radical (unpaired) electrons. The minimum atomic E-state index is -0.398. The Bertz CT molecular complexity index is 1140. The minimum Gasteiger partial charge on any atom is -0.387 e. The Hall–Kier alpha value is -2.35. The average molecular weight is 394 g/mol. The van der Waals surface area contributed by atoms with E-state index in [-0.39, 0.29) is 0 Å². The van der Waals surface area contributed by atoms with E-state index in [1.807, 2.05) is 25.5 Å². The molecule has 28 heavy (non-hydrogen) atoms. The second-order valence-electron chi connectivity index (χ2n) is 7.76. The molecule has 4 aromatic rings. The van der Waals surface area contributed by atoms with Gasteiger partial charge in [-0.2, -0.15) is 5.10 Å². The van der Waals surface area contributed by atoms with E-state index in [0.29, 0.717) is 5.92 Å². The van der Waals surface area contributed by atoms with Crippen LogP contribution in [0.15, 0.2) is 36.7 Å². The number of aliphatic hydroxyl groups is 1. The highest BCUT2D eigenvalue weighted by molar-refractivity contribution is 7.18. The van der Waals surface area contributed by atoms with Gasteiger partial charge in [0.05, 0.1) is 11.8 Å².